The summed E-state index contributed by atoms with van der Waals surface area (Å²) in [7, 11) is 0. The van der Waals surface area contributed by atoms with Gasteiger partial charge in [0.2, 0.25) is 0 Å². The topological polar surface area (TPSA) is 58.6 Å². The maximum atomic E-state index is 11.5. The van der Waals surface area contributed by atoms with Crippen molar-refractivity contribution in [2.45, 2.75) is 69.9 Å². The third-order valence-electron chi connectivity index (χ3n) is 4.48. The summed E-state index contributed by atoms with van der Waals surface area (Å²) in [6, 6.07) is -0.387. The van der Waals surface area contributed by atoms with Crippen LogP contribution >= 0.6 is 0 Å². The van der Waals surface area contributed by atoms with Gasteiger partial charge in [-0.3, -0.25) is 4.79 Å². The fourth-order valence-corrected chi connectivity index (χ4v) is 3.34. The molecule has 1 saturated carbocycles. The van der Waals surface area contributed by atoms with Crippen molar-refractivity contribution >= 4 is 5.97 Å². The van der Waals surface area contributed by atoms with Gasteiger partial charge in [-0.1, -0.05) is 32.1 Å². The molecule has 1 heterocycles. The Balaban J connectivity index is 1.83. The number of carbonyl (C=O) groups is 1. The van der Waals surface area contributed by atoms with Crippen molar-refractivity contribution in [2.24, 2.45) is 5.92 Å². The van der Waals surface area contributed by atoms with Crippen molar-refractivity contribution in [1.82, 2.24) is 5.32 Å². The van der Waals surface area contributed by atoms with E-state index in [9.17, 15) is 9.90 Å². The van der Waals surface area contributed by atoms with Crippen LogP contribution in [0.2, 0.25) is 0 Å². The molecule has 0 aromatic heterocycles. The normalized spacial score (nSPS) is 27.7. The first-order chi connectivity index (χ1) is 9.27. The fourth-order valence-electron chi connectivity index (χ4n) is 3.34. The molecule has 0 radical (unpaired) electrons. The van der Waals surface area contributed by atoms with Crippen molar-refractivity contribution in [3.63, 3.8) is 0 Å². The third kappa shape index (κ3) is 4.77. The van der Waals surface area contributed by atoms with Gasteiger partial charge >= 0.3 is 5.97 Å². The lowest BCUT2D eigenvalue weighted by molar-refractivity contribution is -0.141. The van der Waals surface area contributed by atoms with Gasteiger partial charge in [-0.05, 0) is 31.6 Å². The van der Waals surface area contributed by atoms with E-state index in [2.05, 4.69) is 5.32 Å². The van der Waals surface area contributed by atoms with Gasteiger partial charge < -0.3 is 15.2 Å². The quantitative estimate of drug-likeness (QED) is 0.805. The second-order valence-electron chi connectivity index (χ2n) is 5.96. The third-order valence-corrected chi connectivity index (χ3v) is 4.48. The Labute approximate surface area is 115 Å². The van der Waals surface area contributed by atoms with E-state index < -0.39 is 5.97 Å². The molecule has 0 aromatic carbocycles. The Morgan fingerprint density at radius 2 is 1.79 bits per heavy atom. The van der Waals surface area contributed by atoms with Gasteiger partial charge in [0.25, 0.3) is 0 Å². The molecule has 110 valence electrons. The second kappa shape index (κ2) is 7.85. The molecule has 2 aliphatic rings. The van der Waals surface area contributed by atoms with Crippen LogP contribution < -0.4 is 5.32 Å². The molecule has 2 N–H and O–H groups in total. The summed E-state index contributed by atoms with van der Waals surface area (Å²) in [4.78, 5) is 11.5. The molecule has 1 saturated heterocycles. The zero-order chi connectivity index (χ0) is 13.5. The van der Waals surface area contributed by atoms with Crippen LogP contribution in [0.1, 0.15) is 57.8 Å². The van der Waals surface area contributed by atoms with Gasteiger partial charge in [-0.15, -0.1) is 0 Å². The molecule has 4 heteroatoms. The fraction of sp³-hybridized carbons (Fsp3) is 0.933. The Hall–Kier alpha value is -0.610. The number of rotatable bonds is 5. The molecule has 2 unspecified atom stereocenters. The highest BCUT2D eigenvalue weighted by Crippen LogP contribution is 2.25. The summed E-state index contributed by atoms with van der Waals surface area (Å²) >= 11 is 0. The summed E-state index contributed by atoms with van der Waals surface area (Å²) in [5.41, 5.74) is 0. The van der Waals surface area contributed by atoms with E-state index >= 15 is 0 Å². The standard InChI is InChI=1S/C15H27NO3/c17-15(18)14(16-11-13-9-6-10-19-13)12-7-4-2-1-3-5-8-12/h12-14,16H,1-11H2,(H,17,18). The van der Waals surface area contributed by atoms with Crippen molar-refractivity contribution in [2.75, 3.05) is 13.2 Å². The van der Waals surface area contributed by atoms with Crippen molar-refractivity contribution in [3.8, 4) is 0 Å². The molecular formula is C15H27NO3. The van der Waals surface area contributed by atoms with Gasteiger partial charge in [0.1, 0.15) is 6.04 Å². The van der Waals surface area contributed by atoms with E-state index in [-0.39, 0.29) is 12.1 Å². The molecule has 2 atom stereocenters. The number of carboxylic acids is 1. The lowest BCUT2D eigenvalue weighted by Gasteiger charge is -2.27. The molecule has 19 heavy (non-hydrogen) atoms. The van der Waals surface area contributed by atoms with Crippen LogP contribution in [0.3, 0.4) is 0 Å². The summed E-state index contributed by atoms with van der Waals surface area (Å²) in [5, 5.41) is 12.7. The highest BCUT2D eigenvalue weighted by atomic mass is 16.5. The molecule has 0 aromatic rings. The van der Waals surface area contributed by atoms with Gasteiger partial charge in [-0.25, -0.2) is 0 Å². The maximum Gasteiger partial charge on any atom is 0.320 e. The maximum absolute atomic E-state index is 11.5. The number of hydrogen-bond donors (Lipinski definition) is 2. The van der Waals surface area contributed by atoms with E-state index in [0.717, 1.165) is 32.3 Å². The average Bonchev–Trinajstić information content (AvgIpc) is 2.84. The smallest absolute Gasteiger partial charge is 0.320 e. The van der Waals surface area contributed by atoms with E-state index in [4.69, 9.17) is 4.74 Å². The SMILES string of the molecule is O=C(O)C(NCC1CCCO1)C1CCCCCCC1. The van der Waals surface area contributed by atoms with Crippen molar-refractivity contribution in [1.29, 1.82) is 0 Å². The van der Waals surface area contributed by atoms with Gasteiger partial charge in [-0.2, -0.15) is 0 Å². The Bertz CT molecular complexity index is 269. The van der Waals surface area contributed by atoms with Gasteiger partial charge in [0, 0.05) is 13.2 Å². The van der Waals surface area contributed by atoms with Crippen molar-refractivity contribution < 1.29 is 14.6 Å². The van der Waals surface area contributed by atoms with Crippen LogP contribution in [0.25, 0.3) is 0 Å². The van der Waals surface area contributed by atoms with E-state index in [1.165, 1.54) is 32.1 Å². The van der Waals surface area contributed by atoms with Gasteiger partial charge in [0.15, 0.2) is 0 Å². The molecule has 0 spiro atoms. The van der Waals surface area contributed by atoms with Crippen molar-refractivity contribution in [3.05, 3.63) is 0 Å². The first-order valence-electron chi connectivity index (χ1n) is 7.85. The number of aliphatic carboxylic acids is 1. The predicted octanol–water partition coefficient (Wildman–Crippen LogP) is 2.57. The van der Waals surface area contributed by atoms with Crippen LogP contribution in [0.4, 0.5) is 0 Å². The first-order valence-corrected chi connectivity index (χ1v) is 7.85. The Kier molecular flexibility index (Phi) is 6.11. The zero-order valence-corrected chi connectivity index (χ0v) is 11.8. The summed E-state index contributed by atoms with van der Waals surface area (Å²) in [5.74, 6) is -0.400. The molecular weight excluding hydrogens is 242 g/mol. The number of carboxylic acid groups (broad SMARTS) is 1. The van der Waals surface area contributed by atoms with E-state index in [0.29, 0.717) is 12.5 Å². The number of hydrogen-bond acceptors (Lipinski definition) is 3. The predicted molar refractivity (Wildman–Crippen MR) is 74.2 cm³/mol. The molecule has 2 rings (SSSR count). The first kappa shape index (κ1) is 14.8. The number of ether oxygens (including phenoxy) is 1. The molecule has 0 amide bonds. The van der Waals surface area contributed by atoms with Crippen LogP contribution in [0.5, 0.6) is 0 Å². The van der Waals surface area contributed by atoms with Crippen LogP contribution in [-0.2, 0) is 9.53 Å². The minimum absolute atomic E-state index is 0.218. The monoisotopic (exact) mass is 269 g/mol. The molecule has 4 nitrogen and oxygen atoms in total. The zero-order valence-electron chi connectivity index (χ0n) is 11.8. The minimum Gasteiger partial charge on any atom is -0.480 e. The number of nitrogens with one attached hydrogen (secondary N) is 1. The molecule has 1 aliphatic carbocycles. The summed E-state index contributed by atoms with van der Waals surface area (Å²) in [6.07, 6.45) is 10.7. The largest absolute Gasteiger partial charge is 0.480 e. The average molecular weight is 269 g/mol. The van der Waals surface area contributed by atoms with Crippen LogP contribution in [0, 0.1) is 5.92 Å². The Morgan fingerprint density at radius 3 is 2.37 bits per heavy atom. The van der Waals surface area contributed by atoms with E-state index in [1.54, 1.807) is 0 Å². The highest BCUT2D eigenvalue weighted by molar-refractivity contribution is 5.73. The molecule has 2 fully saturated rings. The minimum atomic E-state index is -0.691. The molecule has 1 aliphatic heterocycles. The van der Waals surface area contributed by atoms with Crippen LogP contribution in [-0.4, -0.2) is 36.4 Å². The second-order valence-corrected chi connectivity index (χ2v) is 5.96. The Morgan fingerprint density at radius 1 is 1.11 bits per heavy atom. The molecule has 0 bridgehead atoms. The highest BCUT2D eigenvalue weighted by Gasteiger charge is 2.29. The van der Waals surface area contributed by atoms with Crippen LogP contribution in [0.15, 0.2) is 0 Å². The summed E-state index contributed by atoms with van der Waals surface area (Å²) < 4.78 is 5.56. The van der Waals surface area contributed by atoms with E-state index in [1.807, 2.05) is 0 Å². The lowest BCUT2D eigenvalue weighted by Crippen LogP contribution is -2.46. The van der Waals surface area contributed by atoms with Gasteiger partial charge in [0.05, 0.1) is 6.10 Å². The summed E-state index contributed by atoms with van der Waals surface area (Å²) in [6.45, 7) is 1.51. The lowest BCUT2D eigenvalue weighted by atomic mass is 9.85.